The molecule has 1 N–H and O–H groups in total. The smallest absolute Gasteiger partial charge is 0.123 e. The van der Waals surface area contributed by atoms with Crippen LogP contribution in [0, 0.1) is 0 Å². The molecule has 3 aromatic rings. The Labute approximate surface area is 136 Å². The molecule has 1 nitrogen and oxygen atoms in total. The van der Waals surface area contributed by atoms with Crippen LogP contribution in [0.25, 0.3) is 10.8 Å². The first kappa shape index (κ1) is 16.1. The van der Waals surface area contributed by atoms with Crippen molar-refractivity contribution in [3.63, 3.8) is 0 Å². The molecular weight excluding hydrogens is 343 g/mol. The number of aryl methyl sites for hydroxylation is 1. The van der Waals surface area contributed by atoms with Crippen molar-refractivity contribution in [2.75, 3.05) is 0 Å². The van der Waals surface area contributed by atoms with Crippen LogP contribution in [-0.4, -0.2) is 20.1 Å². The van der Waals surface area contributed by atoms with E-state index in [0.29, 0.717) is 5.75 Å². The summed E-state index contributed by atoms with van der Waals surface area (Å²) in [6, 6.07) is 17.7. The second-order valence-electron chi connectivity index (χ2n) is 4.67. The van der Waals surface area contributed by atoms with E-state index in [9.17, 15) is 5.11 Å². The maximum Gasteiger partial charge on any atom is 0.123 e. The molecule has 2 aromatic carbocycles. The van der Waals surface area contributed by atoms with Crippen LogP contribution in [0.3, 0.4) is 0 Å². The predicted molar refractivity (Wildman–Crippen MR) is 94.7 cm³/mol. The monoisotopic (exact) mass is 364 g/mol. The van der Waals surface area contributed by atoms with Gasteiger partial charge in [0.1, 0.15) is 5.75 Å². The van der Waals surface area contributed by atoms with Gasteiger partial charge < -0.3 is 5.11 Å². The van der Waals surface area contributed by atoms with Crippen molar-refractivity contribution >= 4 is 37.1 Å². The van der Waals surface area contributed by atoms with Crippen LogP contribution in [0.5, 0.6) is 5.75 Å². The number of hydrogen-bond donors (Lipinski definition) is 1. The number of rotatable bonds is 4. The second kappa shape index (κ2) is 8.89. The number of phenolic OH excluding ortho intramolecular Hbond substituents is 1. The summed E-state index contributed by atoms with van der Waals surface area (Å²) in [5.74, 6) is 2.66. The topological polar surface area (TPSA) is 20.2 Å². The van der Waals surface area contributed by atoms with Gasteiger partial charge in [0.05, 0.1) is 0 Å². The van der Waals surface area contributed by atoms with Crippen molar-refractivity contribution in [3.8, 4) is 5.75 Å². The Morgan fingerprint density at radius 3 is 2.52 bits per heavy atom. The van der Waals surface area contributed by atoms with Gasteiger partial charge in [-0.25, -0.2) is 0 Å². The third kappa shape index (κ3) is 5.20. The molecule has 110 valence electrons. The normalized spacial score (nSPS) is 10.1. The van der Waals surface area contributed by atoms with Crippen molar-refractivity contribution < 1.29 is 5.11 Å². The van der Waals surface area contributed by atoms with Gasteiger partial charge in [-0.05, 0) is 11.5 Å². The van der Waals surface area contributed by atoms with E-state index in [4.69, 9.17) is 0 Å². The molecule has 21 heavy (non-hydrogen) atoms. The summed E-state index contributed by atoms with van der Waals surface area (Å²) in [6.07, 6.45) is 2.68. The quantitative estimate of drug-likeness (QED) is 0.486. The van der Waals surface area contributed by atoms with Crippen LogP contribution in [-0.2, 0) is 6.42 Å². The van der Waals surface area contributed by atoms with Crippen molar-refractivity contribution in [1.82, 2.24) is 0 Å². The first-order valence-corrected chi connectivity index (χ1v) is 10.8. The van der Waals surface area contributed by atoms with Crippen molar-refractivity contribution in [1.29, 1.82) is 0 Å². The number of thiophene rings is 1. The zero-order valence-corrected chi connectivity index (χ0v) is 14.7. The van der Waals surface area contributed by atoms with E-state index >= 15 is 0 Å². The van der Waals surface area contributed by atoms with E-state index in [1.165, 1.54) is 18.2 Å². The third-order valence-electron chi connectivity index (χ3n) is 3.12. The van der Waals surface area contributed by atoms with Gasteiger partial charge in [-0.1, -0.05) is 36.4 Å². The Morgan fingerprint density at radius 2 is 1.81 bits per heavy atom. The Balaban J connectivity index is 0.000000155. The van der Waals surface area contributed by atoms with Gasteiger partial charge in [0.15, 0.2) is 0 Å². The largest absolute Gasteiger partial charge is 0.507 e. The number of fused-ring (bicyclic) bond motifs is 1. The molecule has 1 aromatic heterocycles. The van der Waals surface area contributed by atoms with Gasteiger partial charge in [-0.2, -0.15) is 0 Å². The fourth-order valence-corrected chi connectivity index (χ4v) is 3.71. The summed E-state index contributed by atoms with van der Waals surface area (Å²) >= 11 is 2.75. The molecule has 0 bridgehead atoms. The number of phenols is 1. The number of aromatic hydroxyl groups is 1. The van der Waals surface area contributed by atoms with Crippen LogP contribution in [0.1, 0.15) is 11.3 Å². The molecule has 0 saturated carbocycles. The average molecular weight is 363 g/mol. The van der Waals surface area contributed by atoms with Crippen molar-refractivity contribution in [2.45, 2.75) is 24.0 Å². The zero-order chi connectivity index (χ0) is 14.9. The minimum absolute atomic E-state index is 0.350. The van der Waals surface area contributed by atoms with E-state index in [2.05, 4.69) is 23.3 Å². The Bertz CT molecular complexity index is 644. The van der Waals surface area contributed by atoms with E-state index in [-0.39, 0.29) is 0 Å². The molecule has 0 aliphatic heterocycles. The maximum absolute atomic E-state index is 9.37. The fraction of sp³-hybridized carbons (Fsp3) is 0.222. The summed E-state index contributed by atoms with van der Waals surface area (Å²) in [6.45, 7) is 0. The van der Waals surface area contributed by atoms with Gasteiger partial charge >= 0.3 is 72.7 Å². The van der Waals surface area contributed by atoms with Crippen LogP contribution in [0.4, 0.5) is 0 Å². The third-order valence-corrected chi connectivity index (χ3v) is 5.52. The van der Waals surface area contributed by atoms with Gasteiger partial charge in [0.25, 0.3) is 0 Å². The second-order valence-corrected chi connectivity index (χ2v) is 7.77. The van der Waals surface area contributed by atoms with Gasteiger partial charge in [0.2, 0.25) is 0 Å². The van der Waals surface area contributed by atoms with Crippen molar-refractivity contribution in [3.05, 3.63) is 64.9 Å². The SMILES string of the molecule is C[Se]CCCc1cccs1.Oc1cccc2ccccc12. The molecule has 0 spiro atoms. The van der Waals surface area contributed by atoms with Gasteiger partial charge in [-0.15, -0.1) is 0 Å². The number of benzene rings is 2. The van der Waals surface area contributed by atoms with E-state index < -0.39 is 0 Å². The van der Waals surface area contributed by atoms with Gasteiger partial charge in [0, 0.05) is 5.39 Å². The van der Waals surface area contributed by atoms with Crippen LogP contribution < -0.4 is 0 Å². The molecule has 0 unspecified atom stereocenters. The van der Waals surface area contributed by atoms with Crippen LogP contribution >= 0.6 is 11.3 Å². The molecule has 1 heterocycles. The van der Waals surface area contributed by atoms with E-state index in [0.717, 1.165) is 25.7 Å². The minimum atomic E-state index is 0.350. The standard InChI is InChI=1S/C10H8O.C8H12SSe/c11-10-7-3-5-8-4-1-2-6-9(8)10;1-10-7-3-5-8-4-2-6-9-8/h1-7,11H;2,4,6H,3,5,7H2,1H3. The average Bonchev–Trinajstić information content (AvgIpc) is 3.02. The minimum Gasteiger partial charge on any atom is -0.507 e. The Morgan fingerprint density at radius 1 is 1.00 bits per heavy atom. The molecule has 3 rings (SSSR count). The van der Waals surface area contributed by atoms with Crippen molar-refractivity contribution in [2.24, 2.45) is 0 Å². The molecule has 0 aliphatic rings. The Kier molecular flexibility index (Phi) is 6.81. The first-order valence-electron chi connectivity index (χ1n) is 6.99. The molecule has 3 heteroatoms. The molecule has 0 aliphatic carbocycles. The van der Waals surface area contributed by atoms with Gasteiger partial charge in [-0.3, -0.25) is 0 Å². The summed E-state index contributed by atoms with van der Waals surface area (Å²) in [5.41, 5.74) is 0. The molecule has 0 saturated heterocycles. The van der Waals surface area contributed by atoms with Crippen LogP contribution in [0.2, 0.25) is 11.1 Å². The summed E-state index contributed by atoms with van der Waals surface area (Å²) in [7, 11) is 0. The molecular formula is C18H20OSSe. The zero-order valence-electron chi connectivity index (χ0n) is 12.2. The van der Waals surface area contributed by atoms with E-state index in [1.54, 1.807) is 10.9 Å². The maximum atomic E-state index is 9.37. The Hall–Kier alpha value is -1.28. The molecule has 0 fully saturated rings. The summed E-state index contributed by atoms with van der Waals surface area (Å²) in [5, 5.41) is 15.0. The summed E-state index contributed by atoms with van der Waals surface area (Å²) in [4.78, 5) is 1.55. The van der Waals surface area contributed by atoms with E-state index in [1.807, 2.05) is 47.7 Å². The predicted octanol–water partition coefficient (Wildman–Crippen LogP) is 5.40. The number of hydrogen-bond acceptors (Lipinski definition) is 2. The summed E-state index contributed by atoms with van der Waals surface area (Å²) < 4.78 is 0. The first-order chi connectivity index (χ1) is 10.3. The molecule has 0 radical (unpaired) electrons. The molecule has 0 amide bonds. The van der Waals surface area contributed by atoms with Crippen LogP contribution in [0.15, 0.2) is 60.0 Å². The fourth-order valence-electron chi connectivity index (χ4n) is 2.05. The molecule has 0 atom stereocenters.